The van der Waals surface area contributed by atoms with E-state index in [0.717, 1.165) is 30.7 Å². The molecule has 0 saturated heterocycles. The molecule has 1 saturated carbocycles. The molecule has 1 atom stereocenters. The summed E-state index contributed by atoms with van der Waals surface area (Å²) in [5, 5.41) is 9.65. The fraction of sp³-hybridized carbons (Fsp3) is 0.583. The van der Waals surface area contributed by atoms with Crippen molar-refractivity contribution in [3.05, 3.63) is 29.6 Å². The summed E-state index contributed by atoms with van der Waals surface area (Å²) >= 11 is 0. The lowest BCUT2D eigenvalue weighted by atomic mass is 9.94. The van der Waals surface area contributed by atoms with E-state index in [2.05, 4.69) is 11.1 Å². The predicted octanol–water partition coefficient (Wildman–Crippen LogP) is 2.09. The van der Waals surface area contributed by atoms with Gasteiger partial charge in [0, 0.05) is 16.8 Å². The van der Waals surface area contributed by atoms with E-state index in [1.807, 2.05) is 26.0 Å². The van der Waals surface area contributed by atoms with Crippen molar-refractivity contribution in [1.82, 2.24) is 4.98 Å². The van der Waals surface area contributed by atoms with E-state index in [9.17, 15) is 5.11 Å². The first kappa shape index (κ1) is 9.66. The molecule has 0 radical (unpaired) electrons. The lowest BCUT2D eigenvalue weighted by molar-refractivity contribution is 0.110. The van der Waals surface area contributed by atoms with Crippen LogP contribution in [0.2, 0.25) is 0 Å². The van der Waals surface area contributed by atoms with E-state index in [-0.39, 0.29) is 11.5 Å². The molecule has 76 valence electrons. The summed E-state index contributed by atoms with van der Waals surface area (Å²) in [4.78, 5) is 4.47. The van der Waals surface area contributed by atoms with Gasteiger partial charge in [0.2, 0.25) is 0 Å². The third-order valence-corrected chi connectivity index (χ3v) is 3.26. The molecule has 1 aromatic heterocycles. The van der Waals surface area contributed by atoms with Crippen LogP contribution >= 0.6 is 0 Å². The number of aryl methyl sites for hydroxylation is 1. The van der Waals surface area contributed by atoms with E-state index < -0.39 is 0 Å². The van der Waals surface area contributed by atoms with Crippen LogP contribution in [0.3, 0.4) is 0 Å². The lowest BCUT2D eigenvalue weighted by Gasteiger charge is -2.17. The van der Waals surface area contributed by atoms with Gasteiger partial charge in [0.15, 0.2) is 0 Å². The first-order valence-electron chi connectivity index (χ1n) is 5.23. The molecule has 0 bridgehead atoms. The highest BCUT2D eigenvalue weighted by atomic mass is 16.3. The smallest absolute Gasteiger partial charge is 0.0572 e. The van der Waals surface area contributed by atoms with Crippen molar-refractivity contribution >= 4 is 0 Å². The Balaban J connectivity index is 2.11. The molecular formula is C12H17NO. The molecule has 1 aliphatic rings. The van der Waals surface area contributed by atoms with Crippen LogP contribution in [0, 0.1) is 12.3 Å². The molecule has 0 aliphatic heterocycles. The number of hydrogen-bond donors (Lipinski definition) is 1. The Morgan fingerprint density at radius 1 is 1.50 bits per heavy atom. The minimum absolute atomic E-state index is 0.140. The highest BCUT2D eigenvalue weighted by Gasteiger charge is 2.46. The zero-order chi connectivity index (χ0) is 10.2. The molecule has 1 aliphatic carbocycles. The normalized spacial score (nSPS) is 20.5. The zero-order valence-corrected chi connectivity index (χ0v) is 8.83. The maximum atomic E-state index is 9.65. The van der Waals surface area contributed by atoms with Crippen LogP contribution in [0.25, 0.3) is 0 Å². The van der Waals surface area contributed by atoms with Gasteiger partial charge in [-0.15, -0.1) is 0 Å². The van der Waals surface area contributed by atoms with Crippen molar-refractivity contribution in [2.24, 2.45) is 5.41 Å². The highest BCUT2D eigenvalue weighted by molar-refractivity contribution is 5.14. The lowest BCUT2D eigenvalue weighted by Crippen LogP contribution is -2.21. The number of rotatable bonds is 3. The van der Waals surface area contributed by atoms with Crippen molar-refractivity contribution in [2.45, 2.75) is 39.2 Å². The van der Waals surface area contributed by atoms with E-state index in [1.165, 1.54) is 0 Å². The minimum Gasteiger partial charge on any atom is -0.393 e. The van der Waals surface area contributed by atoms with Gasteiger partial charge in [0.1, 0.15) is 0 Å². The first-order chi connectivity index (χ1) is 6.62. The second-order valence-electron chi connectivity index (χ2n) is 4.49. The Kier molecular flexibility index (Phi) is 2.31. The number of nitrogens with zero attached hydrogens (tertiary/aromatic N) is 1. The maximum Gasteiger partial charge on any atom is 0.0572 e. The fourth-order valence-corrected chi connectivity index (χ4v) is 1.96. The molecule has 1 heterocycles. The van der Waals surface area contributed by atoms with Gasteiger partial charge in [-0.2, -0.15) is 0 Å². The van der Waals surface area contributed by atoms with Crippen LogP contribution in [-0.4, -0.2) is 16.2 Å². The third kappa shape index (κ3) is 1.80. The summed E-state index contributed by atoms with van der Waals surface area (Å²) in [6.07, 6.45) is 3.00. The van der Waals surface area contributed by atoms with Crippen molar-refractivity contribution in [1.29, 1.82) is 0 Å². The van der Waals surface area contributed by atoms with Crippen LogP contribution in [0.15, 0.2) is 18.2 Å². The predicted molar refractivity (Wildman–Crippen MR) is 56.0 cm³/mol. The largest absolute Gasteiger partial charge is 0.393 e. The molecular weight excluding hydrogens is 174 g/mol. The van der Waals surface area contributed by atoms with Gasteiger partial charge in [0.05, 0.1) is 6.10 Å². The topological polar surface area (TPSA) is 33.1 Å². The number of aliphatic hydroxyl groups excluding tert-OH is 1. The van der Waals surface area contributed by atoms with Gasteiger partial charge in [0.25, 0.3) is 0 Å². The summed E-state index contributed by atoms with van der Waals surface area (Å²) in [6.45, 7) is 3.90. The summed E-state index contributed by atoms with van der Waals surface area (Å²) in [5.41, 5.74) is 2.31. The molecule has 0 aromatic carbocycles. The average Bonchev–Trinajstić information content (AvgIpc) is 2.85. The summed E-state index contributed by atoms with van der Waals surface area (Å²) in [6, 6.07) is 6.09. The van der Waals surface area contributed by atoms with Crippen molar-refractivity contribution < 1.29 is 5.11 Å². The van der Waals surface area contributed by atoms with E-state index >= 15 is 0 Å². The van der Waals surface area contributed by atoms with Crippen LogP contribution in [0.1, 0.15) is 31.2 Å². The van der Waals surface area contributed by atoms with Gasteiger partial charge in [-0.3, -0.25) is 4.98 Å². The van der Waals surface area contributed by atoms with Gasteiger partial charge >= 0.3 is 0 Å². The fourth-order valence-electron chi connectivity index (χ4n) is 1.96. The second-order valence-corrected chi connectivity index (χ2v) is 4.49. The number of aromatic nitrogens is 1. The summed E-state index contributed by atoms with van der Waals surface area (Å²) < 4.78 is 0. The van der Waals surface area contributed by atoms with Crippen LogP contribution < -0.4 is 0 Å². The molecule has 2 nitrogen and oxygen atoms in total. The molecule has 0 amide bonds. The number of hydrogen-bond acceptors (Lipinski definition) is 2. The molecule has 2 rings (SSSR count). The van der Waals surface area contributed by atoms with Gasteiger partial charge in [-0.05, 0) is 45.2 Å². The maximum absolute atomic E-state index is 9.65. The molecule has 1 N–H and O–H groups in total. The van der Waals surface area contributed by atoms with Gasteiger partial charge in [-0.1, -0.05) is 6.07 Å². The molecule has 1 aromatic rings. The van der Waals surface area contributed by atoms with Crippen molar-refractivity contribution in [2.75, 3.05) is 0 Å². The summed E-state index contributed by atoms with van der Waals surface area (Å²) in [5.74, 6) is 0. The number of aliphatic hydroxyl groups is 1. The first-order valence-corrected chi connectivity index (χ1v) is 5.23. The minimum atomic E-state index is -0.204. The highest BCUT2D eigenvalue weighted by Crippen LogP contribution is 2.50. The van der Waals surface area contributed by atoms with Crippen molar-refractivity contribution in [3.63, 3.8) is 0 Å². The summed E-state index contributed by atoms with van der Waals surface area (Å²) in [7, 11) is 0. The van der Waals surface area contributed by atoms with Crippen LogP contribution in [-0.2, 0) is 6.42 Å². The Morgan fingerprint density at radius 3 is 2.71 bits per heavy atom. The second kappa shape index (κ2) is 3.35. The number of pyridine rings is 1. The van der Waals surface area contributed by atoms with Crippen molar-refractivity contribution in [3.8, 4) is 0 Å². The van der Waals surface area contributed by atoms with E-state index in [1.54, 1.807) is 0 Å². The van der Waals surface area contributed by atoms with E-state index in [4.69, 9.17) is 0 Å². The quantitative estimate of drug-likeness (QED) is 0.793. The SMILES string of the molecule is Cc1cccc(CC2(C(C)O)CC2)n1. The molecule has 2 heteroatoms. The van der Waals surface area contributed by atoms with Gasteiger partial charge in [-0.25, -0.2) is 0 Å². The van der Waals surface area contributed by atoms with Crippen LogP contribution in [0.5, 0.6) is 0 Å². The Bertz CT molecular complexity index is 329. The Hall–Kier alpha value is -0.890. The monoisotopic (exact) mass is 191 g/mol. The molecule has 1 fully saturated rings. The molecule has 14 heavy (non-hydrogen) atoms. The third-order valence-electron chi connectivity index (χ3n) is 3.26. The Labute approximate surface area is 85.0 Å². The average molecular weight is 191 g/mol. The zero-order valence-electron chi connectivity index (χ0n) is 8.83. The van der Waals surface area contributed by atoms with Crippen LogP contribution in [0.4, 0.5) is 0 Å². The molecule has 0 spiro atoms. The molecule has 1 unspecified atom stereocenters. The van der Waals surface area contributed by atoms with E-state index in [0.29, 0.717) is 0 Å². The Morgan fingerprint density at radius 2 is 2.21 bits per heavy atom. The standard InChI is InChI=1S/C12H17NO/c1-9-4-3-5-11(13-9)8-12(6-7-12)10(2)14/h3-5,10,14H,6-8H2,1-2H3. The van der Waals surface area contributed by atoms with Gasteiger partial charge < -0.3 is 5.11 Å².